The molecule has 1 saturated heterocycles. The first kappa shape index (κ1) is 13.6. The van der Waals surface area contributed by atoms with Gasteiger partial charge in [-0.1, -0.05) is 44.5 Å². The molecule has 1 aliphatic heterocycles. The average molecular weight is 272 g/mol. The standard InChI is InChI=1S/C17H24N2O/c1-12-7-4-5-8-13(12)16-18-11-15(20)19(16)14-9-6-10-17(14,2)3/h4-5,7-8,14,16,18H,6,9-11H2,1-3H3. The van der Waals surface area contributed by atoms with Crippen molar-refractivity contribution in [1.82, 2.24) is 10.2 Å². The van der Waals surface area contributed by atoms with E-state index in [1.807, 2.05) is 0 Å². The molecule has 0 aromatic heterocycles. The van der Waals surface area contributed by atoms with Crippen LogP contribution in [0.15, 0.2) is 24.3 Å². The molecule has 2 fully saturated rings. The summed E-state index contributed by atoms with van der Waals surface area (Å²) in [6, 6.07) is 8.73. The molecule has 2 aliphatic rings. The van der Waals surface area contributed by atoms with Crippen LogP contribution < -0.4 is 5.32 Å². The highest BCUT2D eigenvalue weighted by Crippen LogP contribution is 2.44. The molecule has 1 saturated carbocycles. The van der Waals surface area contributed by atoms with E-state index in [2.05, 4.69) is 55.3 Å². The molecule has 20 heavy (non-hydrogen) atoms. The number of rotatable bonds is 2. The van der Waals surface area contributed by atoms with Gasteiger partial charge in [-0.2, -0.15) is 0 Å². The highest BCUT2D eigenvalue weighted by atomic mass is 16.2. The molecule has 3 heteroatoms. The average Bonchev–Trinajstić information content (AvgIpc) is 2.92. The Morgan fingerprint density at radius 3 is 2.70 bits per heavy atom. The Labute approximate surface area is 121 Å². The van der Waals surface area contributed by atoms with Crippen LogP contribution in [0.3, 0.4) is 0 Å². The number of hydrogen-bond acceptors (Lipinski definition) is 2. The summed E-state index contributed by atoms with van der Waals surface area (Å²) in [5, 5.41) is 3.40. The van der Waals surface area contributed by atoms with Crippen molar-refractivity contribution in [2.45, 2.75) is 52.2 Å². The van der Waals surface area contributed by atoms with Crippen molar-refractivity contribution in [1.29, 1.82) is 0 Å². The van der Waals surface area contributed by atoms with Crippen molar-refractivity contribution in [3.8, 4) is 0 Å². The van der Waals surface area contributed by atoms with Crippen molar-refractivity contribution in [3.05, 3.63) is 35.4 Å². The molecule has 3 rings (SSSR count). The topological polar surface area (TPSA) is 32.3 Å². The lowest BCUT2D eigenvalue weighted by Crippen LogP contribution is -2.45. The number of amides is 1. The number of nitrogens with zero attached hydrogens (tertiary/aromatic N) is 1. The van der Waals surface area contributed by atoms with Gasteiger partial charge in [-0.05, 0) is 36.3 Å². The van der Waals surface area contributed by atoms with E-state index >= 15 is 0 Å². The number of hydrogen-bond donors (Lipinski definition) is 1. The van der Waals surface area contributed by atoms with Gasteiger partial charge in [0.05, 0.1) is 6.54 Å². The summed E-state index contributed by atoms with van der Waals surface area (Å²) in [4.78, 5) is 14.5. The van der Waals surface area contributed by atoms with E-state index in [0.717, 1.165) is 6.42 Å². The zero-order chi connectivity index (χ0) is 14.3. The summed E-state index contributed by atoms with van der Waals surface area (Å²) in [7, 11) is 0. The van der Waals surface area contributed by atoms with E-state index in [0.29, 0.717) is 12.6 Å². The number of carbonyl (C=O) groups is 1. The fourth-order valence-corrected chi connectivity index (χ4v) is 3.85. The molecule has 3 nitrogen and oxygen atoms in total. The van der Waals surface area contributed by atoms with Crippen LogP contribution in [0.2, 0.25) is 0 Å². The largest absolute Gasteiger partial charge is 0.318 e. The predicted molar refractivity (Wildman–Crippen MR) is 80.2 cm³/mol. The molecule has 0 spiro atoms. The van der Waals surface area contributed by atoms with E-state index in [9.17, 15) is 4.79 Å². The maximum atomic E-state index is 12.4. The van der Waals surface area contributed by atoms with E-state index in [-0.39, 0.29) is 17.5 Å². The first-order valence-electron chi connectivity index (χ1n) is 7.61. The Bertz CT molecular complexity index is 523. The molecule has 1 amide bonds. The van der Waals surface area contributed by atoms with Crippen molar-refractivity contribution in [3.63, 3.8) is 0 Å². The maximum Gasteiger partial charge on any atom is 0.238 e. The van der Waals surface area contributed by atoms with Gasteiger partial charge in [-0.3, -0.25) is 10.1 Å². The Kier molecular flexibility index (Phi) is 3.33. The summed E-state index contributed by atoms with van der Waals surface area (Å²) < 4.78 is 0. The summed E-state index contributed by atoms with van der Waals surface area (Å²) in [5.41, 5.74) is 2.71. The fraction of sp³-hybridized carbons (Fsp3) is 0.588. The van der Waals surface area contributed by atoms with Crippen LogP contribution in [-0.2, 0) is 4.79 Å². The number of carbonyl (C=O) groups excluding carboxylic acids is 1. The molecule has 2 unspecified atom stereocenters. The maximum absolute atomic E-state index is 12.4. The van der Waals surface area contributed by atoms with Crippen LogP contribution in [0.4, 0.5) is 0 Å². The normalized spacial score (nSPS) is 29.1. The van der Waals surface area contributed by atoms with Crippen LogP contribution in [0, 0.1) is 12.3 Å². The van der Waals surface area contributed by atoms with Gasteiger partial charge in [0.2, 0.25) is 5.91 Å². The van der Waals surface area contributed by atoms with Gasteiger partial charge < -0.3 is 4.90 Å². The van der Waals surface area contributed by atoms with Crippen LogP contribution in [0.5, 0.6) is 0 Å². The monoisotopic (exact) mass is 272 g/mol. The van der Waals surface area contributed by atoms with Crippen molar-refractivity contribution in [2.24, 2.45) is 5.41 Å². The molecular weight excluding hydrogens is 248 g/mol. The third-order valence-electron chi connectivity index (χ3n) is 5.03. The first-order valence-corrected chi connectivity index (χ1v) is 7.61. The van der Waals surface area contributed by atoms with Gasteiger partial charge in [-0.25, -0.2) is 0 Å². The lowest BCUT2D eigenvalue weighted by atomic mass is 9.86. The van der Waals surface area contributed by atoms with Crippen molar-refractivity contribution < 1.29 is 4.79 Å². The van der Waals surface area contributed by atoms with Crippen LogP contribution in [-0.4, -0.2) is 23.4 Å². The van der Waals surface area contributed by atoms with Gasteiger partial charge in [0.15, 0.2) is 0 Å². The summed E-state index contributed by atoms with van der Waals surface area (Å²) in [5.74, 6) is 0.248. The molecule has 0 bridgehead atoms. The predicted octanol–water partition coefficient (Wildman–Crippen LogP) is 3.00. The molecule has 0 radical (unpaired) electrons. The lowest BCUT2D eigenvalue weighted by molar-refractivity contribution is -0.132. The SMILES string of the molecule is Cc1ccccc1C1NCC(=O)N1C1CCCC1(C)C. The Hall–Kier alpha value is -1.35. The van der Waals surface area contributed by atoms with Gasteiger partial charge in [0.1, 0.15) is 6.17 Å². The summed E-state index contributed by atoms with van der Waals surface area (Å²) in [6.07, 6.45) is 3.61. The molecule has 1 N–H and O–H groups in total. The Morgan fingerprint density at radius 2 is 2.05 bits per heavy atom. The Balaban J connectivity index is 1.95. The number of aryl methyl sites for hydroxylation is 1. The second kappa shape index (κ2) is 4.88. The minimum absolute atomic E-state index is 0.0473. The molecule has 1 aromatic rings. The number of nitrogens with one attached hydrogen (secondary N) is 1. The van der Waals surface area contributed by atoms with Gasteiger partial charge in [-0.15, -0.1) is 0 Å². The molecule has 2 atom stereocenters. The van der Waals surface area contributed by atoms with Crippen molar-refractivity contribution >= 4 is 5.91 Å². The van der Waals surface area contributed by atoms with Gasteiger partial charge in [0.25, 0.3) is 0 Å². The van der Waals surface area contributed by atoms with Crippen LogP contribution in [0.25, 0.3) is 0 Å². The zero-order valence-corrected chi connectivity index (χ0v) is 12.6. The van der Waals surface area contributed by atoms with Gasteiger partial charge in [0, 0.05) is 6.04 Å². The molecule has 1 heterocycles. The Morgan fingerprint density at radius 1 is 1.30 bits per heavy atom. The van der Waals surface area contributed by atoms with Gasteiger partial charge >= 0.3 is 0 Å². The van der Waals surface area contributed by atoms with Crippen molar-refractivity contribution in [2.75, 3.05) is 6.54 Å². The highest BCUT2D eigenvalue weighted by Gasteiger charge is 2.45. The fourth-order valence-electron chi connectivity index (χ4n) is 3.85. The van der Waals surface area contributed by atoms with E-state index < -0.39 is 0 Å². The third-order valence-corrected chi connectivity index (χ3v) is 5.03. The molecule has 108 valence electrons. The second-order valence-corrected chi connectivity index (χ2v) is 6.84. The van der Waals surface area contributed by atoms with E-state index in [1.165, 1.54) is 24.0 Å². The minimum Gasteiger partial charge on any atom is -0.318 e. The quantitative estimate of drug-likeness (QED) is 0.897. The van der Waals surface area contributed by atoms with Crippen LogP contribution >= 0.6 is 0 Å². The minimum atomic E-state index is 0.0473. The van der Waals surface area contributed by atoms with E-state index in [4.69, 9.17) is 0 Å². The lowest BCUT2D eigenvalue weighted by Gasteiger charge is -2.38. The molecule has 1 aromatic carbocycles. The number of benzene rings is 1. The smallest absolute Gasteiger partial charge is 0.238 e. The molecular formula is C17H24N2O. The van der Waals surface area contributed by atoms with E-state index in [1.54, 1.807) is 0 Å². The summed E-state index contributed by atoms with van der Waals surface area (Å²) in [6.45, 7) is 7.18. The summed E-state index contributed by atoms with van der Waals surface area (Å²) >= 11 is 0. The second-order valence-electron chi connectivity index (χ2n) is 6.84. The highest BCUT2D eigenvalue weighted by molar-refractivity contribution is 5.81. The molecule has 1 aliphatic carbocycles. The first-order chi connectivity index (χ1) is 9.50. The van der Waals surface area contributed by atoms with Crippen LogP contribution in [0.1, 0.15) is 50.4 Å². The zero-order valence-electron chi connectivity index (χ0n) is 12.6. The third kappa shape index (κ3) is 2.14.